The minimum Gasteiger partial charge on any atom is -0.457 e. The minimum atomic E-state index is -3.21. The summed E-state index contributed by atoms with van der Waals surface area (Å²) >= 11 is 6.77. The van der Waals surface area contributed by atoms with Gasteiger partial charge in [-0.15, -0.1) is 0 Å². The van der Waals surface area contributed by atoms with Crippen molar-refractivity contribution in [1.29, 1.82) is 0 Å². The number of carbonyl (C=O) groups is 1. The summed E-state index contributed by atoms with van der Waals surface area (Å²) in [6, 6.07) is 12.1. The molecule has 176 valence electrons. The molecule has 7 heteroatoms. The topological polar surface area (TPSA) is 44.8 Å². The third-order valence-corrected chi connectivity index (χ3v) is 8.77. The molecular formula is C25H35O4PS2. The van der Waals surface area contributed by atoms with Crippen LogP contribution in [-0.2, 0) is 27.4 Å². The fraction of sp³-hybridized carbons (Fsp3) is 0.480. The Bertz CT molecular complexity index is 950. The first-order valence-corrected chi connectivity index (χ1v) is 14.8. The normalized spacial score (nSPS) is 12.4. The van der Waals surface area contributed by atoms with E-state index in [0.29, 0.717) is 11.5 Å². The fourth-order valence-electron chi connectivity index (χ4n) is 3.18. The highest BCUT2D eigenvalue weighted by Gasteiger charge is 2.33. The summed E-state index contributed by atoms with van der Waals surface area (Å²) < 4.78 is 18.1. The van der Waals surface area contributed by atoms with Crippen LogP contribution in [0.3, 0.4) is 0 Å². The standard InChI is InChI=1S/C25H35O4PS2/c1-10-27-23(26)32-30(31,28-21-15-17(2)11-13-19(21)24(4,5)6)29-22-16-18(3)12-14-20(22)25(7,8)9/h11-16H,10H2,1-9H3. The molecule has 0 heterocycles. The number of benzene rings is 2. The molecule has 0 aromatic heterocycles. The first kappa shape index (κ1) is 26.8. The van der Waals surface area contributed by atoms with E-state index in [1.165, 1.54) is 0 Å². The first-order chi connectivity index (χ1) is 14.6. The highest BCUT2D eigenvalue weighted by molar-refractivity contribution is 8.73. The molecule has 4 nitrogen and oxygen atoms in total. The van der Waals surface area contributed by atoms with Crippen LogP contribution in [0.4, 0.5) is 4.79 Å². The Hall–Kier alpha value is -1.49. The first-order valence-electron chi connectivity index (χ1n) is 10.7. The Morgan fingerprint density at radius 1 is 0.875 bits per heavy atom. The van der Waals surface area contributed by atoms with Crippen molar-refractivity contribution in [2.45, 2.75) is 73.1 Å². The van der Waals surface area contributed by atoms with Gasteiger partial charge < -0.3 is 13.8 Å². The zero-order chi connectivity index (χ0) is 24.3. The van der Waals surface area contributed by atoms with Crippen molar-refractivity contribution in [3.63, 3.8) is 0 Å². The smallest absolute Gasteiger partial charge is 0.378 e. The van der Waals surface area contributed by atoms with Gasteiger partial charge in [-0.3, -0.25) is 0 Å². The summed E-state index contributed by atoms with van der Waals surface area (Å²) in [4.78, 5) is 12.5. The molecule has 0 aliphatic carbocycles. The van der Waals surface area contributed by atoms with Crippen LogP contribution in [0.5, 0.6) is 11.5 Å². The number of ether oxygens (including phenoxy) is 1. The van der Waals surface area contributed by atoms with Gasteiger partial charge in [0.25, 0.3) is 0 Å². The van der Waals surface area contributed by atoms with E-state index in [-0.39, 0.29) is 17.4 Å². The number of hydrogen-bond donors (Lipinski definition) is 0. The van der Waals surface area contributed by atoms with Crippen LogP contribution in [0.25, 0.3) is 0 Å². The molecule has 0 saturated heterocycles. The van der Waals surface area contributed by atoms with Crippen molar-refractivity contribution in [1.82, 2.24) is 0 Å². The third-order valence-electron chi connectivity index (χ3n) is 4.76. The average molecular weight is 495 g/mol. The van der Waals surface area contributed by atoms with E-state index in [4.69, 9.17) is 25.6 Å². The van der Waals surface area contributed by atoms with Gasteiger partial charge >= 0.3 is 11.0 Å². The summed E-state index contributed by atoms with van der Waals surface area (Å²) in [5.74, 6) is 1.28. The highest BCUT2D eigenvalue weighted by atomic mass is 32.9. The Morgan fingerprint density at radius 2 is 1.28 bits per heavy atom. The molecule has 32 heavy (non-hydrogen) atoms. The largest absolute Gasteiger partial charge is 0.457 e. The van der Waals surface area contributed by atoms with Crippen molar-refractivity contribution in [3.05, 3.63) is 58.7 Å². The molecule has 2 rings (SSSR count). The summed E-state index contributed by atoms with van der Waals surface area (Å²) in [7, 11) is 0. The number of hydrogen-bond acceptors (Lipinski definition) is 6. The van der Waals surface area contributed by atoms with E-state index in [1.807, 2.05) is 38.1 Å². The van der Waals surface area contributed by atoms with Crippen LogP contribution in [0.2, 0.25) is 0 Å². The maximum Gasteiger partial charge on any atom is 0.378 e. The lowest BCUT2D eigenvalue weighted by molar-refractivity contribution is 0.182. The molecule has 0 amide bonds. The van der Waals surface area contributed by atoms with Crippen LogP contribution >= 0.6 is 17.1 Å². The Labute approximate surface area is 202 Å². The SMILES string of the molecule is CCOC(=O)SP(=S)(Oc1cc(C)ccc1C(C)(C)C)Oc1cc(C)ccc1C(C)(C)C. The summed E-state index contributed by atoms with van der Waals surface area (Å²) in [5, 5.41) is -0.495. The zero-order valence-electron chi connectivity index (χ0n) is 20.6. The lowest BCUT2D eigenvalue weighted by Gasteiger charge is -2.29. The van der Waals surface area contributed by atoms with Crippen LogP contribution in [0, 0.1) is 13.8 Å². The maximum absolute atomic E-state index is 12.5. The van der Waals surface area contributed by atoms with Crippen LogP contribution in [0.1, 0.15) is 70.7 Å². The van der Waals surface area contributed by atoms with Gasteiger partial charge in [0, 0.05) is 22.9 Å². The predicted octanol–water partition coefficient (Wildman–Crippen LogP) is 8.47. The zero-order valence-corrected chi connectivity index (χ0v) is 23.1. The Morgan fingerprint density at radius 3 is 1.62 bits per heavy atom. The predicted molar refractivity (Wildman–Crippen MR) is 140 cm³/mol. The number of aryl methyl sites for hydroxylation is 2. The summed E-state index contributed by atoms with van der Waals surface area (Å²) in [5.41, 5.74) is 0.553. The van der Waals surface area contributed by atoms with Gasteiger partial charge in [-0.2, -0.15) is 0 Å². The molecule has 0 bridgehead atoms. The highest BCUT2D eigenvalue weighted by Crippen LogP contribution is 2.62. The molecule has 0 saturated carbocycles. The van der Waals surface area contributed by atoms with Crippen molar-refractivity contribution < 1.29 is 18.6 Å². The number of carbonyl (C=O) groups excluding carboxylic acids is 1. The Kier molecular flexibility index (Phi) is 8.52. The van der Waals surface area contributed by atoms with E-state index in [9.17, 15) is 4.79 Å². The van der Waals surface area contributed by atoms with E-state index in [2.05, 4.69) is 53.7 Å². The van der Waals surface area contributed by atoms with Gasteiger partial charge in [0.15, 0.2) is 0 Å². The average Bonchev–Trinajstić information content (AvgIpc) is 2.59. The molecule has 0 unspecified atom stereocenters. The lowest BCUT2D eigenvalue weighted by atomic mass is 9.86. The molecule has 2 aromatic rings. The van der Waals surface area contributed by atoms with Crippen LogP contribution in [0.15, 0.2) is 36.4 Å². The molecular weight excluding hydrogens is 459 g/mol. The molecule has 0 N–H and O–H groups in total. The second-order valence-corrected chi connectivity index (χ2v) is 15.8. The van der Waals surface area contributed by atoms with Crippen molar-refractivity contribution in [2.75, 3.05) is 6.61 Å². The van der Waals surface area contributed by atoms with E-state index in [1.54, 1.807) is 6.92 Å². The maximum atomic E-state index is 12.5. The summed E-state index contributed by atoms with van der Waals surface area (Å²) in [6.45, 7) is 18.7. The molecule has 0 atom stereocenters. The monoisotopic (exact) mass is 494 g/mol. The Balaban J connectivity index is 2.58. The van der Waals surface area contributed by atoms with E-state index >= 15 is 0 Å². The van der Waals surface area contributed by atoms with Crippen molar-refractivity contribution in [2.24, 2.45) is 0 Å². The molecule has 0 spiro atoms. The molecule has 0 fully saturated rings. The fourth-order valence-corrected chi connectivity index (χ4v) is 6.87. The van der Waals surface area contributed by atoms with E-state index < -0.39 is 11.0 Å². The second kappa shape index (κ2) is 10.2. The van der Waals surface area contributed by atoms with Crippen molar-refractivity contribution in [3.8, 4) is 11.5 Å². The number of rotatable bonds is 6. The second-order valence-electron chi connectivity index (χ2n) is 9.90. The van der Waals surface area contributed by atoms with Gasteiger partial charge in [-0.25, -0.2) is 4.79 Å². The van der Waals surface area contributed by atoms with Gasteiger partial charge in [-0.05, 0) is 54.9 Å². The van der Waals surface area contributed by atoms with Gasteiger partial charge in [0.05, 0.1) is 18.0 Å². The quantitative estimate of drug-likeness (QED) is 0.296. The van der Waals surface area contributed by atoms with Crippen molar-refractivity contribution >= 4 is 34.2 Å². The van der Waals surface area contributed by atoms with E-state index in [0.717, 1.165) is 33.6 Å². The molecule has 0 aliphatic heterocycles. The third kappa shape index (κ3) is 7.26. The van der Waals surface area contributed by atoms with Gasteiger partial charge in [0.2, 0.25) is 0 Å². The minimum absolute atomic E-state index is 0.169. The molecule has 0 radical (unpaired) electrons. The van der Waals surface area contributed by atoms with Crippen LogP contribution in [-0.4, -0.2) is 11.9 Å². The van der Waals surface area contributed by atoms with Crippen LogP contribution < -0.4 is 9.05 Å². The van der Waals surface area contributed by atoms with Gasteiger partial charge in [0.1, 0.15) is 11.5 Å². The molecule has 0 aliphatic rings. The summed E-state index contributed by atoms with van der Waals surface area (Å²) in [6.07, 6.45) is 0. The molecule has 2 aromatic carbocycles. The lowest BCUT2D eigenvalue weighted by Crippen LogP contribution is -2.15. The van der Waals surface area contributed by atoms with Gasteiger partial charge in [-0.1, -0.05) is 65.8 Å².